The van der Waals surface area contributed by atoms with Crippen LogP contribution in [0.25, 0.3) is 0 Å². The first kappa shape index (κ1) is 36.2. The van der Waals surface area contributed by atoms with Crippen LogP contribution in [0.2, 0.25) is 0 Å². The molecule has 0 spiro atoms. The predicted octanol–water partition coefficient (Wildman–Crippen LogP) is 6.16. The van der Waals surface area contributed by atoms with Gasteiger partial charge < -0.3 is 20.5 Å². The van der Waals surface area contributed by atoms with Gasteiger partial charge in [-0.15, -0.1) is 0 Å². The maximum Gasteiger partial charge on any atom is 0.407 e. The molecule has 45 heavy (non-hydrogen) atoms. The van der Waals surface area contributed by atoms with E-state index in [2.05, 4.69) is 28.1 Å². The van der Waals surface area contributed by atoms with Crippen molar-refractivity contribution in [3.63, 3.8) is 0 Å². The van der Waals surface area contributed by atoms with Crippen LogP contribution in [-0.4, -0.2) is 47.7 Å². The van der Waals surface area contributed by atoms with Crippen LogP contribution in [0.15, 0.2) is 60.7 Å². The number of imide groups is 1. The minimum atomic E-state index is -0.973. The Labute approximate surface area is 270 Å². The van der Waals surface area contributed by atoms with Gasteiger partial charge in [0.05, 0.1) is 18.2 Å². The normalized spacial score (nSPS) is 17.1. The number of alkyl carbamates (subject to hydrolysis) is 1. The number of aliphatic hydroxyl groups is 1. The van der Waals surface area contributed by atoms with Crippen molar-refractivity contribution in [1.29, 1.82) is 0 Å². The van der Waals surface area contributed by atoms with E-state index in [-0.39, 0.29) is 30.8 Å². The summed E-state index contributed by atoms with van der Waals surface area (Å²) in [7, 11) is 0. The fourth-order valence-corrected chi connectivity index (χ4v) is 6.21. The van der Waals surface area contributed by atoms with Gasteiger partial charge in [-0.3, -0.25) is 14.9 Å². The quantitative estimate of drug-likeness (QED) is 0.168. The summed E-state index contributed by atoms with van der Waals surface area (Å²) in [4.78, 5) is 39.8. The molecule has 0 heterocycles. The first-order chi connectivity index (χ1) is 21.7. The highest BCUT2D eigenvalue weighted by Gasteiger charge is 2.34. The van der Waals surface area contributed by atoms with E-state index in [0.717, 1.165) is 44.1 Å². The molecule has 3 rings (SSSR count). The maximum atomic E-state index is 13.6. The molecule has 1 aliphatic carbocycles. The number of hydrogen-bond donors (Lipinski definition) is 4. The topological polar surface area (TPSA) is 117 Å². The zero-order valence-corrected chi connectivity index (χ0v) is 27.7. The number of nitrogens with one attached hydrogen (secondary N) is 3. The van der Waals surface area contributed by atoms with Gasteiger partial charge in [-0.05, 0) is 54.7 Å². The van der Waals surface area contributed by atoms with Crippen LogP contribution in [0.4, 0.5) is 4.79 Å². The first-order valence-electron chi connectivity index (χ1n) is 16.9. The van der Waals surface area contributed by atoms with E-state index in [0.29, 0.717) is 18.9 Å². The molecule has 248 valence electrons. The molecule has 8 nitrogen and oxygen atoms in total. The molecular formula is C37H55N3O5. The van der Waals surface area contributed by atoms with E-state index in [9.17, 15) is 19.5 Å². The lowest BCUT2D eigenvalue weighted by molar-refractivity contribution is -0.136. The van der Waals surface area contributed by atoms with E-state index in [1.54, 1.807) is 0 Å². The van der Waals surface area contributed by atoms with Crippen molar-refractivity contribution in [2.24, 2.45) is 23.7 Å². The second kappa shape index (κ2) is 19.3. The molecule has 3 amide bonds. The minimum absolute atomic E-state index is 0.0302. The number of hydrogen-bond acceptors (Lipinski definition) is 6. The van der Waals surface area contributed by atoms with Gasteiger partial charge >= 0.3 is 6.09 Å². The number of carbonyl (C=O) groups excluding carboxylic acids is 3. The van der Waals surface area contributed by atoms with Gasteiger partial charge in [0.25, 0.3) is 0 Å². The van der Waals surface area contributed by atoms with Crippen molar-refractivity contribution in [3.05, 3.63) is 71.8 Å². The summed E-state index contributed by atoms with van der Waals surface area (Å²) in [6.45, 7) is 8.62. The highest BCUT2D eigenvalue weighted by molar-refractivity contribution is 5.98. The molecule has 0 saturated heterocycles. The molecule has 0 aliphatic heterocycles. The van der Waals surface area contributed by atoms with Gasteiger partial charge in [0.1, 0.15) is 6.61 Å². The second-order valence-corrected chi connectivity index (χ2v) is 13.1. The molecule has 1 fully saturated rings. The summed E-state index contributed by atoms with van der Waals surface area (Å²) >= 11 is 0. The van der Waals surface area contributed by atoms with Gasteiger partial charge in [-0.2, -0.15) is 0 Å². The Balaban J connectivity index is 1.63. The molecule has 0 radical (unpaired) electrons. The van der Waals surface area contributed by atoms with Crippen LogP contribution in [0.3, 0.4) is 0 Å². The molecule has 2 aromatic carbocycles. The van der Waals surface area contributed by atoms with Crippen LogP contribution < -0.4 is 16.0 Å². The Morgan fingerprint density at radius 3 is 2.11 bits per heavy atom. The van der Waals surface area contributed by atoms with Gasteiger partial charge in [-0.25, -0.2) is 4.79 Å². The average molecular weight is 622 g/mol. The van der Waals surface area contributed by atoms with Crippen LogP contribution in [0.5, 0.6) is 0 Å². The third kappa shape index (κ3) is 12.6. The van der Waals surface area contributed by atoms with Crippen molar-refractivity contribution >= 4 is 17.9 Å². The molecule has 0 unspecified atom stereocenters. The first-order valence-corrected chi connectivity index (χ1v) is 16.9. The van der Waals surface area contributed by atoms with Crippen LogP contribution in [0, 0.1) is 23.7 Å². The van der Waals surface area contributed by atoms with E-state index in [1.165, 1.54) is 12.0 Å². The molecule has 0 aromatic heterocycles. The Morgan fingerprint density at radius 1 is 0.889 bits per heavy atom. The van der Waals surface area contributed by atoms with Gasteiger partial charge in [0.2, 0.25) is 11.8 Å². The zero-order valence-electron chi connectivity index (χ0n) is 27.7. The molecular weight excluding hydrogens is 566 g/mol. The molecule has 8 heteroatoms. The summed E-state index contributed by atoms with van der Waals surface area (Å²) in [5.74, 6) is -1.05. The van der Waals surface area contributed by atoms with Crippen LogP contribution in [0.1, 0.15) is 90.2 Å². The highest BCUT2D eigenvalue weighted by atomic mass is 16.5. The largest absolute Gasteiger partial charge is 0.445 e. The highest BCUT2D eigenvalue weighted by Crippen LogP contribution is 2.30. The van der Waals surface area contributed by atoms with Crippen molar-refractivity contribution in [1.82, 2.24) is 16.0 Å². The third-order valence-corrected chi connectivity index (χ3v) is 9.29. The van der Waals surface area contributed by atoms with Crippen molar-refractivity contribution in [2.75, 3.05) is 6.54 Å². The molecule has 2 aromatic rings. The van der Waals surface area contributed by atoms with E-state index in [4.69, 9.17) is 4.74 Å². The van der Waals surface area contributed by atoms with E-state index in [1.807, 2.05) is 76.2 Å². The number of rotatable bonds is 17. The predicted molar refractivity (Wildman–Crippen MR) is 178 cm³/mol. The minimum Gasteiger partial charge on any atom is -0.445 e. The average Bonchev–Trinajstić information content (AvgIpc) is 3.05. The number of amides is 3. The molecule has 0 bridgehead atoms. The second-order valence-electron chi connectivity index (χ2n) is 13.1. The summed E-state index contributed by atoms with van der Waals surface area (Å²) in [5.41, 5.74) is 2.06. The Morgan fingerprint density at radius 2 is 1.51 bits per heavy atom. The number of benzene rings is 2. The summed E-state index contributed by atoms with van der Waals surface area (Å²) < 4.78 is 5.48. The van der Waals surface area contributed by atoms with Crippen LogP contribution >= 0.6 is 0 Å². The number of ether oxygens (including phenoxy) is 1. The van der Waals surface area contributed by atoms with Crippen molar-refractivity contribution < 1.29 is 24.2 Å². The van der Waals surface area contributed by atoms with Gasteiger partial charge in [0, 0.05) is 5.92 Å². The van der Waals surface area contributed by atoms with Gasteiger partial charge in [-0.1, -0.05) is 127 Å². The lowest BCUT2D eigenvalue weighted by Crippen LogP contribution is -2.52. The summed E-state index contributed by atoms with van der Waals surface area (Å²) in [6, 6.07) is 18.5. The lowest BCUT2D eigenvalue weighted by Gasteiger charge is -2.32. The third-order valence-electron chi connectivity index (χ3n) is 9.29. The molecule has 4 N–H and O–H groups in total. The fraction of sp³-hybridized carbons (Fsp3) is 0.595. The lowest BCUT2D eigenvalue weighted by atomic mass is 9.81. The number of aliphatic hydroxyl groups excluding tert-OH is 1. The zero-order chi connectivity index (χ0) is 32.6. The van der Waals surface area contributed by atoms with E-state index < -0.39 is 36.1 Å². The SMILES string of the molecule is CC[C@H](C)[C@H](NCCc1ccccc1)C(=O)NC(=O)[C@@H](C[C@H](O)[C@H](CC1CCCCC1)NC(=O)OCc1ccccc1)C(C)C. The van der Waals surface area contributed by atoms with E-state index >= 15 is 0 Å². The summed E-state index contributed by atoms with van der Waals surface area (Å²) in [5, 5.41) is 20.4. The Kier molecular flexibility index (Phi) is 15.6. The monoisotopic (exact) mass is 621 g/mol. The van der Waals surface area contributed by atoms with Crippen molar-refractivity contribution in [3.8, 4) is 0 Å². The van der Waals surface area contributed by atoms with Crippen molar-refractivity contribution in [2.45, 2.75) is 110 Å². The Hall–Kier alpha value is -3.23. The Bertz CT molecular complexity index is 1150. The molecule has 1 saturated carbocycles. The number of carbonyl (C=O) groups is 3. The van der Waals surface area contributed by atoms with Gasteiger partial charge in [0.15, 0.2) is 0 Å². The molecule has 5 atom stereocenters. The smallest absolute Gasteiger partial charge is 0.407 e. The summed E-state index contributed by atoms with van der Waals surface area (Å²) in [6.07, 6.45) is 6.35. The fourth-order valence-electron chi connectivity index (χ4n) is 6.21. The van der Waals surface area contributed by atoms with Crippen LogP contribution in [-0.2, 0) is 27.4 Å². The maximum absolute atomic E-state index is 13.6. The standard InChI is InChI=1S/C37H55N3O5/c1-5-27(4)34(38-22-21-28-15-9-6-10-16-28)36(43)40-35(42)31(26(2)3)24-33(41)32(23-29-17-11-7-12-18-29)39-37(44)45-25-30-19-13-8-14-20-30/h6,8-10,13-16,19-20,26-27,29,31-34,38,41H,5,7,11-12,17-18,21-25H2,1-4H3,(H,39,44)(H,40,42,43)/t27-,31-,32-,33-,34-/m0/s1. The molecule has 1 aliphatic rings.